The van der Waals surface area contributed by atoms with Crippen LogP contribution in [0.25, 0.3) is 0 Å². The van der Waals surface area contributed by atoms with Gasteiger partial charge in [-0.15, -0.1) is 12.4 Å². The van der Waals surface area contributed by atoms with Crippen molar-refractivity contribution in [2.75, 3.05) is 18.0 Å². The topological polar surface area (TPSA) is 32.3 Å². The average molecular weight is 309 g/mol. The van der Waals surface area contributed by atoms with Gasteiger partial charge in [-0.25, -0.2) is 0 Å². The molecule has 0 aromatic heterocycles. The van der Waals surface area contributed by atoms with Crippen molar-refractivity contribution in [2.24, 2.45) is 0 Å². The highest BCUT2D eigenvalue weighted by Gasteiger charge is 2.22. The van der Waals surface area contributed by atoms with Crippen molar-refractivity contribution in [1.29, 1.82) is 0 Å². The molecule has 0 radical (unpaired) electrons. The number of halogens is 1. The number of rotatable bonds is 3. The summed E-state index contributed by atoms with van der Waals surface area (Å²) in [5.74, 6) is 0.299. The monoisotopic (exact) mass is 308 g/mol. The smallest absolute Gasteiger partial charge is 0.227 e. The molecule has 1 aromatic rings. The lowest BCUT2D eigenvalue weighted by Gasteiger charge is -2.23. The number of fused-ring (bicyclic) bond motifs is 1. The minimum Gasteiger partial charge on any atom is -0.314 e. The zero-order valence-corrected chi connectivity index (χ0v) is 13.3. The van der Waals surface area contributed by atoms with E-state index >= 15 is 0 Å². The Hall–Kier alpha value is -1.06. The molecule has 21 heavy (non-hydrogen) atoms. The van der Waals surface area contributed by atoms with Gasteiger partial charge in [0.2, 0.25) is 5.91 Å². The molecule has 0 saturated carbocycles. The Labute approximate surface area is 133 Å². The molecule has 0 bridgehead atoms. The number of para-hydroxylation sites is 1. The summed E-state index contributed by atoms with van der Waals surface area (Å²) in [5, 5.41) is 3.48. The minimum absolute atomic E-state index is 0. The van der Waals surface area contributed by atoms with Gasteiger partial charge in [0.05, 0.1) is 0 Å². The van der Waals surface area contributed by atoms with Gasteiger partial charge in [-0.05, 0) is 56.7 Å². The van der Waals surface area contributed by atoms with E-state index in [0.717, 1.165) is 38.0 Å². The van der Waals surface area contributed by atoms with E-state index < -0.39 is 0 Å². The highest BCUT2D eigenvalue weighted by atomic mass is 35.5. The number of anilines is 1. The molecule has 2 heterocycles. The van der Waals surface area contributed by atoms with E-state index in [4.69, 9.17) is 0 Å². The first-order valence-electron chi connectivity index (χ1n) is 7.96. The number of aryl methyl sites for hydroxylation is 1. The number of amides is 1. The summed E-state index contributed by atoms with van der Waals surface area (Å²) < 4.78 is 0. The first-order valence-corrected chi connectivity index (χ1v) is 7.96. The van der Waals surface area contributed by atoms with E-state index in [0.29, 0.717) is 18.4 Å². The van der Waals surface area contributed by atoms with Gasteiger partial charge in [0.15, 0.2) is 0 Å². The van der Waals surface area contributed by atoms with Crippen LogP contribution in [0.1, 0.15) is 44.1 Å². The highest BCUT2D eigenvalue weighted by molar-refractivity contribution is 5.94. The van der Waals surface area contributed by atoms with Gasteiger partial charge >= 0.3 is 0 Å². The first kappa shape index (κ1) is 16.3. The average Bonchev–Trinajstić information content (AvgIpc) is 2.90. The second-order valence-corrected chi connectivity index (χ2v) is 5.96. The Bertz CT molecular complexity index is 472. The lowest BCUT2D eigenvalue weighted by Crippen LogP contribution is -2.33. The van der Waals surface area contributed by atoms with Crippen LogP contribution in [0.15, 0.2) is 24.3 Å². The largest absolute Gasteiger partial charge is 0.314 e. The van der Waals surface area contributed by atoms with Gasteiger partial charge in [-0.3, -0.25) is 4.79 Å². The molecule has 116 valence electrons. The van der Waals surface area contributed by atoms with Gasteiger partial charge in [0.25, 0.3) is 0 Å². The van der Waals surface area contributed by atoms with Crippen LogP contribution in [-0.4, -0.2) is 25.0 Å². The summed E-state index contributed by atoms with van der Waals surface area (Å²) in [7, 11) is 0. The molecule has 3 nitrogen and oxygen atoms in total. The van der Waals surface area contributed by atoms with Crippen molar-refractivity contribution in [3.63, 3.8) is 0 Å². The standard InChI is InChI=1S/C17H24N2O.ClH/c20-17(11-10-15-8-5-12-18-15)19-13-4-3-7-14-6-1-2-9-16(14)19;/h1-2,6,9,15,18H,3-5,7-8,10-13H2;1H. The number of hydrogen-bond donors (Lipinski definition) is 1. The highest BCUT2D eigenvalue weighted by Crippen LogP contribution is 2.27. The SMILES string of the molecule is Cl.O=C(CCC1CCCN1)N1CCCCc2ccccc21. The zero-order chi connectivity index (χ0) is 13.8. The number of nitrogens with one attached hydrogen (secondary N) is 1. The molecule has 1 amide bonds. The van der Waals surface area contributed by atoms with Gasteiger partial charge < -0.3 is 10.2 Å². The summed E-state index contributed by atoms with van der Waals surface area (Å²) in [4.78, 5) is 14.6. The predicted molar refractivity (Wildman–Crippen MR) is 89.2 cm³/mol. The fraction of sp³-hybridized carbons (Fsp3) is 0.588. The van der Waals surface area contributed by atoms with Crippen molar-refractivity contribution in [2.45, 2.75) is 51.0 Å². The van der Waals surface area contributed by atoms with Crippen LogP contribution in [0, 0.1) is 0 Å². The molecule has 0 spiro atoms. The lowest BCUT2D eigenvalue weighted by atomic mass is 10.1. The lowest BCUT2D eigenvalue weighted by molar-refractivity contribution is -0.118. The van der Waals surface area contributed by atoms with Crippen LogP contribution in [0.4, 0.5) is 5.69 Å². The van der Waals surface area contributed by atoms with Crippen LogP contribution in [0.5, 0.6) is 0 Å². The van der Waals surface area contributed by atoms with Crippen LogP contribution in [0.3, 0.4) is 0 Å². The molecule has 2 aliphatic rings. The number of carbonyl (C=O) groups excluding carboxylic acids is 1. The normalized spacial score (nSPS) is 21.3. The fourth-order valence-corrected chi connectivity index (χ4v) is 3.39. The molecule has 0 aliphatic carbocycles. The van der Waals surface area contributed by atoms with Crippen molar-refractivity contribution < 1.29 is 4.79 Å². The Balaban J connectivity index is 0.00000161. The number of benzene rings is 1. The third kappa shape index (κ3) is 3.98. The molecule has 2 aliphatic heterocycles. The van der Waals surface area contributed by atoms with Gasteiger partial charge in [-0.1, -0.05) is 18.2 Å². The molecule has 1 aromatic carbocycles. The van der Waals surface area contributed by atoms with Gasteiger partial charge in [-0.2, -0.15) is 0 Å². The molecule has 4 heteroatoms. The maximum Gasteiger partial charge on any atom is 0.227 e. The van der Waals surface area contributed by atoms with E-state index in [1.165, 1.54) is 24.8 Å². The summed E-state index contributed by atoms with van der Waals surface area (Å²) in [6.07, 6.45) is 7.54. The van der Waals surface area contributed by atoms with Crippen molar-refractivity contribution in [3.05, 3.63) is 29.8 Å². The summed E-state index contributed by atoms with van der Waals surface area (Å²) in [6, 6.07) is 8.95. The zero-order valence-electron chi connectivity index (χ0n) is 12.5. The number of nitrogens with zero attached hydrogens (tertiary/aromatic N) is 1. The van der Waals surface area contributed by atoms with Gasteiger partial charge in [0.1, 0.15) is 0 Å². The van der Waals surface area contributed by atoms with E-state index in [-0.39, 0.29) is 12.4 Å². The number of carbonyl (C=O) groups is 1. The maximum atomic E-state index is 12.6. The third-order valence-corrected chi connectivity index (χ3v) is 4.53. The van der Waals surface area contributed by atoms with Gasteiger partial charge in [0, 0.05) is 24.7 Å². The van der Waals surface area contributed by atoms with Crippen LogP contribution in [0.2, 0.25) is 0 Å². The molecule has 3 rings (SSSR count). The Kier molecular flexibility index (Phi) is 6.07. The molecule has 1 unspecified atom stereocenters. The first-order chi connectivity index (χ1) is 9.84. The third-order valence-electron chi connectivity index (χ3n) is 4.53. The summed E-state index contributed by atoms with van der Waals surface area (Å²) in [5.41, 5.74) is 2.48. The second-order valence-electron chi connectivity index (χ2n) is 5.96. The van der Waals surface area contributed by atoms with E-state index in [1.807, 2.05) is 11.0 Å². The summed E-state index contributed by atoms with van der Waals surface area (Å²) >= 11 is 0. The quantitative estimate of drug-likeness (QED) is 0.929. The number of hydrogen-bond acceptors (Lipinski definition) is 2. The van der Waals surface area contributed by atoms with Crippen molar-refractivity contribution >= 4 is 24.0 Å². The van der Waals surface area contributed by atoms with Crippen molar-refractivity contribution in [1.82, 2.24) is 5.32 Å². The molecule has 1 N–H and O–H groups in total. The van der Waals surface area contributed by atoms with E-state index in [9.17, 15) is 4.79 Å². The molecule has 1 atom stereocenters. The second kappa shape index (κ2) is 7.81. The Morgan fingerprint density at radius 2 is 2.10 bits per heavy atom. The Morgan fingerprint density at radius 1 is 1.24 bits per heavy atom. The fourth-order valence-electron chi connectivity index (χ4n) is 3.39. The Morgan fingerprint density at radius 3 is 2.90 bits per heavy atom. The summed E-state index contributed by atoms with van der Waals surface area (Å²) in [6.45, 7) is 2.00. The van der Waals surface area contributed by atoms with E-state index in [2.05, 4.69) is 23.5 Å². The van der Waals surface area contributed by atoms with E-state index in [1.54, 1.807) is 0 Å². The van der Waals surface area contributed by atoms with Crippen LogP contribution in [-0.2, 0) is 11.2 Å². The molecular formula is C17H25ClN2O. The predicted octanol–water partition coefficient (Wildman–Crippen LogP) is 3.31. The molecular weight excluding hydrogens is 284 g/mol. The molecule has 1 fully saturated rings. The molecule has 1 saturated heterocycles. The van der Waals surface area contributed by atoms with Crippen molar-refractivity contribution in [3.8, 4) is 0 Å². The maximum absolute atomic E-state index is 12.6. The van der Waals surface area contributed by atoms with Crippen LogP contribution >= 0.6 is 12.4 Å². The van der Waals surface area contributed by atoms with Crippen LogP contribution < -0.4 is 10.2 Å². The minimum atomic E-state index is 0.